The van der Waals surface area contributed by atoms with Gasteiger partial charge in [-0.05, 0) is 37.5 Å². The minimum absolute atomic E-state index is 0.0713. The lowest BCUT2D eigenvalue weighted by Gasteiger charge is -2.19. The molecule has 22 heavy (non-hydrogen) atoms. The van der Waals surface area contributed by atoms with Crippen LogP contribution in [0.4, 0.5) is 5.69 Å². The van der Waals surface area contributed by atoms with Crippen molar-refractivity contribution in [3.63, 3.8) is 0 Å². The van der Waals surface area contributed by atoms with E-state index in [1.165, 1.54) is 19.3 Å². The molecule has 0 aromatic heterocycles. The molecule has 2 N–H and O–H groups in total. The second-order valence-electron chi connectivity index (χ2n) is 6.22. The number of carboxylic acids is 1. The first-order valence-electron chi connectivity index (χ1n) is 8.21. The van der Waals surface area contributed by atoms with Crippen LogP contribution in [-0.2, 0) is 9.59 Å². The summed E-state index contributed by atoms with van der Waals surface area (Å²) in [4.78, 5) is 23.5. The molecule has 0 bridgehead atoms. The van der Waals surface area contributed by atoms with E-state index in [0.29, 0.717) is 11.3 Å². The standard InChI is InChI=1S/C18H25NO3/c1-13(18(21)22)15-10-7-11-16(12-15)19-17(20)14-8-5-3-2-4-6-9-14/h7,10-14H,2-6,8-9H2,1H3,(H,19,20)(H,21,22). The van der Waals surface area contributed by atoms with Crippen molar-refractivity contribution in [2.24, 2.45) is 5.92 Å². The summed E-state index contributed by atoms with van der Waals surface area (Å²) in [6, 6.07) is 7.16. The molecule has 1 aliphatic rings. The third kappa shape index (κ3) is 4.58. The molecule has 1 saturated carbocycles. The van der Waals surface area contributed by atoms with Crippen LogP contribution in [0, 0.1) is 5.92 Å². The third-order valence-electron chi connectivity index (χ3n) is 4.50. The molecule has 4 nitrogen and oxygen atoms in total. The van der Waals surface area contributed by atoms with Gasteiger partial charge in [0, 0.05) is 11.6 Å². The van der Waals surface area contributed by atoms with E-state index in [2.05, 4.69) is 5.32 Å². The zero-order valence-corrected chi connectivity index (χ0v) is 13.2. The minimum atomic E-state index is -0.858. The number of nitrogens with one attached hydrogen (secondary N) is 1. The SMILES string of the molecule is CC(C(=O)O)c1cccc(NC(=O)C2CCCCCCC2)c1. The summed E-state index contributed by atoms with van der Waals surface area (Å²) >= 11 is 0. The first kappa shape index (κ1) is 16.5. The Balaban J connectivity index is 2.01. The number of hydrogen-bond acceptors (Lipinski definition) is 2. The van der Waals surface area contributed by atoms with Gasteiger partial charge in [0.2, 0.25) is 5.91 Å². The normalized spacial score (nSPS) is 18.0. The summed E-state index contributed by atoms with van der Waals surface area (Å²) in [6.07, 6.45) is 7.87. The zero-order valence-electron chi connectivity index (χ0n) is 13.2. The second-order valence-corrected chi connectivity index (χ2v) is 6.22. The van der Waals surface area contributed by atoms with E-state index >= 15 is 0 Å². The Morgan fingerprint density at radius 1 is 1.14 bits per heavy atom. The summed E-state index contributed by atoms with van der Waals surface area (Å²) in [5, 5.41) is 12.0. The molecule has 1 unspecified atom stereocenters. The van der Waals surface area contributed by atoms with Crippen LogP contribution >= 0.6 is 0 Å². The average Bonchev–Trinajstić information content (AvgIpc) is 2.46. The highest BCUT2D eigenvalue weighted by atomic mass is 16.4. The van der Waals surface area contributed by atoms with Gasteiger partial charge in [-0.3, -0.25) is 9.59 Å². The molecule has 0 heterocycles. The smallest absolute Gasteiger partial charge is 0.310 e. The second kappa shape index (κ2) is 7.97. The average molecular weight is 303 g/mol. The lowest BCUT2D eigenvalue weighted by Crippen LogP contribution is -2.23. The molecule has 0 spiro atoms. The zero-order chi connectivity index (χ0) is 15.9. The lowest BCUT2D eigenvalue weighted by molar-refractivity contribution is -0.138. The van der Waals surface area contributed by atoms with Gasteiger partial charge in [-0.15, -0.1) is 0 Å². The molecular formula is C18H25NO3. The molecule has 1 aliphatic carbocycles. The topological polar surface area (TPSA) is 66.4 Å². The number of amides is 1. The molecule has 0 saturated heterocycles. The van der Waals surface area contributed by atoms with E-state index in [-0.39, 0.29) is 11.8 Å². The highest BCUT2D eigenvalue weighted by Crippen LogP contribution is 2.25. The number of carbonyl (C=O) groups excluding carboxylic acids is 1. The highest BCUT2D eigenvalue weighted by Gasteiger charge is 2.20. The molecule has 2 rings (SSSR count). The summed E-state index contributed by atoms with van der Waals surface area (Å²) in [5.41, 5.74) is 1.40. The number of carbonyl (C=O) groups is 2. The number of rotatable bonds is 4. The Hall–Kier alpha value is -1.84. The molecular weight excluding hydrogens is 278 g/mol. The van der Waals surface area contributed by atoms with Crippen LogP contribution < -0.4 is 5.32 Å². The van der Waals surface area contributed by atoms with Gasteiger partial charge in [0.25, 0.3) is 0 Å². The molecule has 1 amide bonds. The third-order valence-corrected chi connectivity index (χ3v) is 4.50. The minimum Gasteiger partial charge on any atom is -0.481 e. The van der Waals surface area contributed by atoms with Crippen molar-refractivity contribution in [3.05, 3.63) is 29.8 Å². The monoisotopic (exact) mass is 303 g/mol. The van der Waals surface area contributed by atoms with E-state index in [1.807, 2.05) is 6.07 Å². The number of anilines is 1. The summed E-state index contributed by atoms with van der Waals surface area (Å²) < 4.78 is 0. The Bertz CT molecular complexity index is 519. The molecule has 1 atom stereocenters. The summed E-state index contributed by atoms with van der Waals surface area (Å²) in [7, 11) is 0. The number of carboxylic acid groups (broad SMARTS) is 1. The molecule has 0 radical (unpaired) electrons. The highest BCUT2D eigenvalue weighted by molar-refractivity contribution is 5.92. The van der Waals surface area contributed by atoms with Gasteiger partial charge >= 0.3 is 5.97 Å². The molecule has 120 valence electrons. The Morgan fingerprint density at radius 3 is 2.41 bits per heavy atom. The number of hydrogen-bond donors (Lipinski definition) is 2. The van der Waals surface area contributed by atoms with Crippen molar-refractivity contribution in [2.75, 3.05) is 5.32 Å². The van der Waals surface area contributed by atoms with Gasteiger partial charge in [-0.25, -0.2) is 0 Å². The Labute approximate surface area is 131 Å². The first-order valence-corrected chi connectivity index (χ1v) is 8.21. The lowest BCUT2D eigenvalue weighted by atomic mass is 9.90. The number of aliphatic carboxylic acids is 1. The Kier molecular flexibility index (Phi) is 5.99. The van der Waals surface area contributed by atoms with Crippen LogP contribution in [0.5, 0.6) is 0 Å². The van der Waals surface area contributed by atoms with Crippen LogP contribution in [0.1, 0.15) is 63.4 Å². The maximum atomic E-state index is 12.4. The van der Waals surface area contributed by atoms with E-state index in [4.69, 9.17) is 5.11 Å². The van der Waals surface area contributed by atoms with Gasteiger partial charge in [0.15, 0.2) is 0 Å². The van der Waals surface area contributed by atoms with Crippen LogP contribution in [0.3, 0.4) is 0 Å². The van der Waals surface area contributed by atoms with Crippen molar-refractivity contribution >= 4 is 17.6 Å². The van der Waals surface area contributed by atoms with Crippen molar-refractivity contribution in [3.8, 4) is 0 Å². The van der Waals surface area contributed by atoms with E-state index in [9.17, 15) is 9.59 Å². The van der Waals surface area contributed by atoms with Crippen LogP contribution in [0.15, 0.2) is 24.3 Å². The summed E-state index contributed by atoms with van der Waals surface area (Å²) in [5.74, 6) is -1.27. The molecule has 0 aliphatic heterocycles. The van der Waals surface area contributed by atoms with Crippen molar-refractivity contribution in [1.82, 2.24) is 0 Å². The number of benzene rings is 1. The molecule has 4 heteroatoms. The molecule has 1 aromatic rings. The summed E-state index contributed by atoms with van der Waals surface area (Å²) in [6.45, 7) is 1.65. The molecule has 1 fully saturated rings. The van der Waals surface area contributed by atoms with Gasteiger partial charge in [-0.2, -0.15) is 0 Å². The fourth-order valence-electron chi connectivity index (χ4n) is 2.99. The van der Waals surface area contributed by atoms with Crippen LogP contribution in [0.25, 0.3) is 0 Å². The van der Waals surface area contributed by atoms with Crippen molar-refractivity contribution in [1.29, 1.82) is 0 Å². The predicted octanol–water partition coefficient (Wildman–Crippen LogP) is 4.17. The predicted molar refractivity (Wildman–Crippen MR) is 86.9 cm³/mol. The van der Waals surface area contributed by atoms with E-state index < -0.39 is 11.9 Å². The van der Waals surface area contributed by atoms with Crippen LogP contribution in [0.2, 0.25) is 0 Å². The fraction of sp³-hybridized carbons (Fsp3) is 0.556. The van der Waals surface area contributed by atoms with Gasteiger partial charge < -0.3 is 10.4 Å². The van der Waals surface area contributed by atoms with E-state index in [0.717, 1.165) is 25.7 Å². The van der Waals surface area contributed by atoms with Gasteiger partial charge in [-0.1, -0.05) is 44.2 Å². The van der Waals surface area contributed by atoms with Crippen molar-refractivity contribution in [2.45, 2.75) is 57.8 Å². The van der Waals surface area contributed by atoms with Crippen molar-refractivity contribution < 1.29 is 14.7 Å². The van der Waals surface area contributed by atoms with E-state index in [1.54, 1.807) is 25.1 Å². The maximum absolute atomic E-state index is 12.4. The fourth-order valence-corrected chi connectivity index (χ4v) is 2.99. The van der Waals surface area contributed by atoms with Gasteiger partial charge in [0.05, 0.1) is 5.92 Å². The van der Waals surface area contributed by atoms with Gasteiger partial charge in [0.1, 0.15) is 0 Å². The molecule has 1 aromatic carbocycles. The maximum Gasteiger partial charge on any atom is 0.310 e. The quantitative estimate of drug-likeness (QED) is 0.877. The first-order chi connectivity index (χ1) is 10.6. The van der Waals surface area contributed by atoms with Crippen LogP contribution in [-0.4, -0.2) is 17.0 Å². The largest absolute Gasteiger partial charge is 0.481 e. The Morgan fingerprint density at radius 2 is 1.77 bits per heavy atom.